The number of amides is 4. The summed E-state index contributed by atoms with van der Waals surface area (Å²) < 4.78 is 11.8. The number of hydrogen-bond acceptors (Lipinski definition) is 9. The minimum absolute atomic E-state index is 0.00716. The molecule has 0 aliphatic carbocycles. The van der Waals surface area contributed by atoms with Gasteiger partial charge in [-0.15, -0.1) is 0 Å². The topological polar surface area (TPSA) is 170 Å². The first-order valence-corrected chi connectivity index (χ1v) is 19.6. The van der Waals surface area contributed by atoms with E-state index >= 15 is 0 Å². The van der Waals surface area contributed by atoms with Crippen LogP contribution in [0.3, 0.4) is 0 Å². The number of benzene rings is 1. The van der Waals surface area contributed by atoms with Crippen LogP contribution in [-0.4, -0.2) is 146 Å². The fourth-order valence-electron chi connectivity index (χ4n) is 7.96. The first kappa shape index (κ1) is 45.1. The molecule has 3 rings (SSSR count). The van der Waals surface area contributed by atoms with Crippen LogP contribution >= 0.6 is 11.6 Å². The van der Waals surface area contributed by atoms with Gasteiger partial charge in [-0.2, -0.15) is 0 Å². The Morgan fingerprint density at radius 3 is 2.26 bits per heavy atom. The molecule has 2 heterocycles. The Bertz CT molecular complexity index is 1410. The summed E-state index contributed by atoms with van der Waals surface area (Å²) >= 11 is 6.26. The zero-order valence-electron chi connectivity index (χ0n) is 33.3. The molecule has 2 saturated heterocycles. The van der Waals surface area contributed by atoms with Gasteiger partial charge in [0.25, 0.3) is 0 Å². The van der Waals surface area contributed by atoms with Crippen molar-refractivity contribution in [1.29, 1.82) is 0 Å². The molecule has 1 aromatic carbocycles. The van der Waals surface area contributed by atoms with Crippen molar-refractivity contribution in [2.24, 2.45) is 17.8 Å². The van der Waals surface area contributed by atoms with Gasteiger partial charge in [-0.05, 0) is 36.3 Å². The Hall–Kier alpha value is -3.30. The summed E-state index contributed by atoms with van der Waals surface area (Å²) in [6.45, 7) is 13.1. The summed E-state index contributed by atoms with van der Waals surface area (Å²) in [7, 11) is 4.70. The lowest BCUT2D eigenvalue weighted by Crippen LogP contribution is -2.57. The average Bonchev–Trinajstić information content (AvgIpc) is 3.64. The lowest BCUT2D eigenvalue weighted by molar-refractivity contribution is -0.147. The molecule has 2 aliphatic rings. The van der Waals surface area contributed by atoms with E-state index in [2.05, 4.69) is 20.9 Å². The summed E-state index contributed by atoms with van der Waals surface area (Å²) in [5.41, 5.74) is 0.599. The number of rotatable bonds is 20. The van der Waals surface area contributed by atoms with Crippen LogP contribution in [0.15, 0.2) is 24.3 Å². The molecular formula is C39H63ClN6O8. The normalized spacial score (nSPS) is 20.3. The van der Waals surface area contributed by atoms with Crippen LogP contribution in [0.1, 0.15) is 65.9 Å². The summed E-state index contributed by atoms with van der Waals surface area (Å²) in [6.07, 6.45) is 0.657. The van der Waals surface area contributed by atoms with Crippen molar-refractivity contribution in [3.8, 4) is 0 Å². The van der Waals surface area contributed by atoms with E-state index in [4.69, 9.17) is 21.1 Å². The summed E-state index contributed by atoms with van der Waals surface area (Å²) in [4.78, 5) is 72.2. The quantitative estimate of drug-likeness (QED) is 0.154. The fraction of sp³-hybridized carbons (Fsp3) is 0.718. The number of nitrogens with one attached hydrogen (secondary N) is 3. The van der Waals surface area contributed by atoms with Crippen molar-refractivity contribution in [3.05, 3.63) is 34.9 Å². The molecule has 4 N–H and O–H groups in total. The highest BCUT2D eigenvalue weighted by atomic mass is 35.5. The van der Waals surface area contributed by atoms with E-state index in [0.717, 1.165) is 32.6 Å². The molecule has 0 bridgehead atoms. The summed E-state index contributed by atoms with van der Waals surface area (Å²) in [5, 5.41) is 19.2. The van der Waals surface area contributed by atoms with Gasteiger partial charge in [0.2, 0.25) is 23.6 Å². The number of aliphatic carboxylic acids is 1. The summed E-state index contributed by atoms with van der Waals surface area (Å²) in [6, 6.07) is 4.43. The third-order valence-corrected chi connectivity index (χ3v) is 11.5. The first-order chi connectivity index (χ1) is 25.7. The van der Waals surface area contributed by atoms with E-state index in [1.807, 2.05) is 27.7 Å². The van der Waals surface area contributed by atoms with Gasteiger partial charge in [0.15, 0.2) is 0 Å². The van der Waals surface area contributed by atoms with Crippen molar-refractivity contribution in [1.82, 2.24) is 30.7 Å². The Labute approximate surface area is 326 Å². The number of halogens is 1. The smallest absolute Gasteiger partial charge is 0.326 e. The maximum Gasteiger partial charge on any atom is 0.326 e. The first-order valence-electron chi connectivity index (χ1n) is 19.3. The van der Waals surface area contributed by atoms with Crippen LogP contribution in [0.4, 0.5) is 0 Å². The van der Waals surface area contributed by atoms with Gasteiger partial charge in [-0.3, -0.25) is 24.1 Å². The van der Waals surface area contributed by atoms with Gasteiger partial charge in [0, 0.05) is 65.4 Å². The number of nitrogens with zero attached hydrogens (tertiary/aromatic N) is 3. The molecule has 304 valence electrons. The second-order valence-corrected chi connectivity index (χ2v) is 15.4. The number of carbonyl (C=O) groups is 5. The number of piperazine rings is 1. The Morgan fingerprint density at radius 2 is 1.69 bits per heavy atom. The molecule has 0 saturated carbocycles. The monoisotopic (exact) mass is 778 g/mol. The third kappa shape index (κ3) is 11.8. The summed E-state index contributed by atoms with van der Waals surface area (Å²) in [5.74, 6) is -3.10. The lowest BCUT2D eigenvalue weighted by Gasteiger charge is -2.39. The van der Waals surface area contributed by atoms with Gasteiger partial charge in [-0.25, -0.2) is 4.79 Å². The molecule has 1 aromatic rings. The minimum Gasteiger partial charge on any atom is -0.480 e. The maximum absolute atomic E-state index is 14.1. The number of likely N-dealkylation sites (N-methyl/N-ethyl adjacent to an activating group) is 1. The van der Waals surface area contributed by atoms with E-state index in [1.54, 1.807) is 48.0 Å². The van der Waals surface area contributed by atoms with E-state index in [-0.39, 0.29) is 55.0 Å². The average molecular weight is 779 g/mol. The molecule has 2 aliphatic heterocycles. The van der Waals surface area contributed by atoms with Crippen molar-refractivity contribution in [2.75, 3.05) is 60.5 Å². The van der Waals surface area contributed by atoms with E-state index < -0.39 is 48.1 Å². The van der Waals surface area contributed by atoms with E-state index in [9.17, 15) is 29.1 Å². The van der Waals surface area contributed by atoms with Gasteiger partial charge in [0.1, 0.15) is 6.04 Å². The van der Waals surface area contributed by atoms with Crippen molar-refractivity contribution >= 4 is 41.2 Å². The van der Waals surface area contributed by atoms with Crippen LogP contribution < -0.4 is 16.0 Å². The Balaban J connectivity index is 1.69. The van der Waals surface area contributed by atoms with Crippen molar-refractivity contribution in [2.45, 2.75) is 103 Å². The van der Waals surface area contributed by atoms with Crippen LogP contribution in [0.2, 0.25) is 5.02 Å². The molecular weight excluding hydrogens is 716 g/mol. The number of carboxylic acids is 1. The number of likely N-dealkylation sites (tertiary alicyclic amines) is 1. The molecule has 0 spiro atoms. The lowest BCUT2D eigenvalue weighted by atomic mass is 9.90. The predicted molar refractivity (Wildman–Crippen MR) is 207 cm³/mol. The molecule has 0 radical (unpaired) electrons. The van der Waals surface area contributed by atoms with Crippen molar-refractivity contribution in [3.63, 3.8) is 0 Å². The van der Waals surface area contributed by atoms with Gasteiger partial charge < -0.3 is 40.3 Å². The van der Waals surface area contributed by atoms with Crippen LogP contribution in [0.25, 0.3) is 0 Å². The molecule has 15 heteroatoms. The van der Waals surface area contributed by atoms with Crippen molar-refractivity contribution < 1.29 is 38.6 Å². The van der Waals surface area contributed by atoms with Gasteiger partial charge in [0.05, 0.1) is 49.2 Å². The van der Waals surface area contributed by atoms with E-state index in [0.29, 0.717) is 30.0 Å². The molecule has 4 amide bonds. The maximum atomic E-state index is 14.1. The number of hydrogen-bond donors (Lipinski definition) is 4. The molecule has 14 nitrogen and oxygen atoms in total. The van der Waals surface area contributed by atoms with Gasteiger partial charge >= 0.3 is 5.97 Å². The van der Waals surface area contributed by atoms with Crippen LogP contribution in [0.5, 0.6) is 0 Å². The molecule has 2 fully saturated rings. The number of carboxylic acid groups (broad SMARTS) is 1. The largest absolute Gasteiger partial charge is 0.480 e. The second-order valence-electron chi connectivity index (χ2n) is 15.0. The van der Waals surface area contributed by atoms with Crippen LogP contribution in [-0.2, 0) is 39.9 Å². The second kappa shape index (κ2) is 21.7. The third-order valence-electron chi connectivity index (χ3n) is 11.2. The standard InChI is InChI=1S/C39H63ClN6O8/c1-9-25(4)35(44(6)33(48)23-42-38(50)34(24(2)3)45-19-16-41-17-20-45)31(53-7)22-32(47)46-18-12-15-30(46)36(54-8)26(5)37(49)43-29(39(51)52)21-27-13-10-11-14-28(27)40/h10-11,13-14,24-26,29-31,34-36,41H,9,12,15-23H2,1-8H3,(H,42,50)(H,43,49)(H,51,52). The molecule has 8 atom stereocenters. The SMILES string of the molecule is CCC(C)C(C(CC(=O)N1CCCC1C(OC)C(C)C(=O)NC(Cc1ccccc1Cl)C(=O)O)OC)N(C)C(=O)CNC(=O)C(C(C)C)N1CCNCC1. The van der Waals surface area contributed by atoms with E-state index in [1.165, 1.54) is 14.2 Å². The van der Waals surface area contributed by atoms with Gasteiger partial charge in [-0.1, -0.05) is 70.8 Å². The highest BCUT2D eigenvalue weighted by molar-refractivity contribution is 6.31. The van der Waals surface area contributed by atoms with Crippen LogP contribution in [0, 0.1) is 17.8 Å². The number of carbonyl (C=O) groups excluding carboxylic acids is 4. The Kier molecular flexibility index (Phi) is 18.1. The number of ether oxygens (including phenoxy) is 2. The highest BCUT2D eigenvalue weighted by Gasteiger charge is 2.42. The predicted octanol–water partition coefficient (Wildman–Crippen LogP) is 2.42. The highest BCUT2D eigenvalue weighted by Crippen LogP contribution is 2.29. The zero-order valence-corrected chi connectivity index (χ0v) is 34.1. The molecule has 0 aromatic heterocycles. The minimum atomic E-state index is -1.21. The molecule has 54 heavy (non-hydrogen) atoms. The zero-order chi connectivity index (χ0) is 40.1. The molecule has 8 unspecified atom stereocenters. The fourth-order valence-corrected chi connectivity index (χ4v) is 8.17. The Morgan fingerprint density at radius 1 is 1.02 bits per heavy atom. The number of methoxy groups -OCH3 is 2.